The third-order valence-corrected chi connectivity index (χ3v) is 23.3. The third-order valence-electron chi connectivity index (χ3n) is 20.9. The van der Waals surface area contributed by atoms with Crippen LogP contribution in [0.2, 0.25) is 0 Å². The summed E-state index contributed by atoms with van der Waals surface area (Å²) in [6.07, 6.45) is 0. The van der Waals surface area contributed by atoms with E-state index < -0.39 is 0 Å². The number of hydrogen-bond acceptors (Lipinski definition) is 4. The van der Waals surface area contributed by atoms with Crippen LogP contribution < -0.4 is 9.80 Å². The molecule has 2 heterocycles. The quantitative estimate of drug-likeness (QED) is 0.135. The van der Waals surface area contributed by atoms with E-state index in [1.807, 2.05) is 22.7 Å². The third kappa shape index (κ3) is 10.2. The maximum absolute atomic E-state index is 2.40. The molecule has 0 spiro atoms. The molecule has 0 saturated heterocycles. The summed E-state index contributed by atoms with van der Waals surface area (Å²) in [6, 6.07) is 133. The van der Waals surface area contributed by atoms with Crippen molar-refractivity contribution < 1.29 is 0 Å². The van der Waals surface area contributed by atoms with Gasteiger partial charge in [-0.1, -0.05) is 293 Å². The van der Waals surface area contributed by atoms with Crippen molar-refractivity contribution >= 4 is 77.0 Å². The number of nitrogens with zero attached hydrogens (tertiary/aromatic N) is 2. The minimum Gasteiger partial charge on any atom is -0.311 e. The molecule has 17 aromatic rings. The molecule has 0 N–H and O–H groups in total. The Bertz CT molecular complexity index is 5970. The van der Waals surface area contributed by atoms with Gasteiger partial charge < -0.3 is 9.80 Å². The molecule has 2 aromatic heterocycles. The Balaban J connectivity index is 0.000000142. The van der Waals surface area contributed by atoms with Gasteiger partial charge in [-0.05, 0) is 196 Å². The number of rotatable bonds is 10. The topological polar surface area (TPSA) is 6.48 Å². The molecule has 101 heavy (non-hydrogen) atoms. The van der Waals surface area contributed by atoms with E-state index in [-0.39, 0.29) is 5.41 Å². The molecule has 20 rings (SSSR count). The van der Waals surface area contributed by atoms with Crippen LogP contribution in [-0.2, 0) is 5.41 Å². The van der Waals surface area contributed by atoms with Gasteiger partial charge in [0, 0.05) is 80.6 Å². The van der Waals surface area contributed by atoms with Gasteiger partial charge in [-0.25, -0.2) is 0 Å². The van der Waals surface area contributed by atoms with E-state index in [9.17, 15) is 0 Å². The maximum Gasteiger partial charge on any atom is 0.0465 e. The Hall–Kier alpha value is -12.2. The van der Waals surface area contributed by atoms with Gasteiger partial charge >= 0.3 is 0 Å². The summed E-state index contributed by atoms with van der Waals surface area (Å²) in [5, 5.41) is 2.72. The van der Waals surface area contributed by atoms with Gasteiger partial charge in [0.15, 0.2) is 0 Å². The predicted molar refractivity (Wildman–Crippen MR) is 432 cm³/mol. The zero-order valence-corrected chi connectivity index (χ0v) is 57.5. The highest BCUT2D eigenvalue weighted by Gasteiger charge is 2.36. The van der Waals surface area contributed by atoms with Gasteiger partial charge in [-0.15, -0.1) is 22.7 Å². The van der Waals surface area contributed by atoms with Crippen LogP contribution in [0, 0.1) is 0 Å². The van der Waals surface area contributed by atoms with E-state index in [4.69, 9.17) is 0 Å². The van der Waals surface area contributed by atoms with Crippen molar-refractivity contribution in [2.24, 2.45) is 0 Å². The van der Waals surface area contributed by atoms with Gasteiger partial charge in [0.05, 0.1) is 0 Å². The summed E-state index contributed by atoms with van der Waals surface area (Å²) in [7, 11) is 0. The highest BCUT2D eigenvalue weighted by molar-refractivity contribution is 7.23. The molecule has 0 bridgehead atoms. The molecule has 0 radical (unpaired) electrons. The summed E-state index contributed by atoms with van der Waals surface area (Å²) in [5.41, 5.74) is 35.3. The number of para-hydroxylation sites is 3. The van der Waals surface area contributed by atoms with Crippen molar-refractivity contribution in [3.05, 3.63) is 375 Å². The first-order valence-corrected chi connectivity index (χ1v) is 36.4. The highest BCUT2D eigenvalue weighted by Crippen LogP contribution is 2.57. The van der Waals surface area contributed by atoms with Crippen LogP contribution in [0.1, 0.15) is 25.0 Å². The van der Waals surface area contributed by atoms with E-state index >= 15 is 0 Å². The van der Waals surface area contributed by atoms with E-state index in [0.29, 0.717) is 0 Å². The van der Waals surface area contributed by atoms with Crippen molar-refractivity contribution in [3.63, 3.8) is 0 Å². The molecule has 4 heteroatoms. The lowest BCUT2D eigenvalue weighted by Gasteiger charge is -2.28. The van der Waals surface area contributed by atoms with Crippen molar-refractivity contribution in [2.75, 3.05) is 9.80 Å². The summed E-state index contributed by atoms with van der Waals surface area (Å²) in [5.74, 6) is 0. The van der Waals surface area contributed by atoms with Crippen molar-refractivity contribution in [1.82, 2.24) is 0 Å². The van der Waals surface area contributed by atoms with Crippen LogP contribution in [0.25, 0.3) is 141 Å². The minimum atomic E-state index is -0.0657. The smallest absolute Gasteiger partial charge is 0.0465 e. The SMILES string of the molecule is CC1(C)c2ccccc2-c2ccc(N(c3ccccc3)c3ccc(-c4ccc(-c5sc6cccc7c6c5-c5ccccc5-c5ccccc5-7)cc4)cc3)cc21.c1ccc(N(c2ccccc2)c2ccc(-c3ccc(-c4sc5cccc6c5c4-c4ccccc4-c4ccccc4-6)cc3)cc2)cc1. The number of anilines is 6. The van der Waals surface area contributed by atoms with Crippen LogP contribution in [0.3, 0.4) is 0 Å². The van der Waals surface area contributed by atoms with Gasteiger partial charge in [0.25, 0.3) is 0 Å². The second kappa shape index (κ2) is 24.7. The molecule has 0 saturated carbocycles. The van der Waals surface area contributed by atoms with Crippen LogP contribution >= 0.6 is 22.7 Å². The largest absolute Gasteiger partial charge is 0.311 e. The molecular weight excluding hydrogens is 1260 g/mol. The minimum absolute atomic E-state index is 0.0657. The van der Waals surface area contributed by atoms with Gasteiger partial charge in [-0.2, -0.15) is 0 Å². The van der Waals surface area contributed by atoms with Crippen molar-refractivity contribution in [3.8, 4) is 121 Å². The normalized spacial score (nSPS) is 12.3. The van der Waals surface area contributed by atoms with Gasteiger partial charge in [-0.3, -0.25) is 0 Å². The van der Waals surface area contributed by atoms with Crippen LogP contribution in [0.5, 0.6) is 0 Å². The average molecular weight is 1320 g/mol. The Morgan fingerprint density at radius 2 is 0.485 bits per heavy atom. The van der Waals surface area contributed by atoms with E-state index in [0.717, 1.165) is 28.4 Å². The molecule has 3 aliphatic carbocycles. The number of benzene rings is 15. The first-order chi connectivity index (χ1) is 49.9. The predicted octanol–water partition coefficient (Wildman–Crippen LogP) is 28.3. The molecule has 0 fully saturated rings. The van der Waals surface area contributed by atoms with E-state index in [2.05, 4.69) is 388 Å². The number of hydrogen-bond donors (Lipinski definition) is 0. The molecule has 2 nitrogen and oxygen atoms in total. The first kappa shape index (κ1) is 60.0. The summed E-state index contributed by atoms with van der Waals surface area (Å²) in [4.78, 5) is 7.33. The lowest BCUT2D eigenvalue weighted by Crippen LogP contribution is -2.16. The lowest BCUT2D eigenvalue weighted by molar-refractivity contribution is 0.660. The standard InChI is InChI=1S/C53H37NS.C44H29NS/c1-53(2)47-21-11-10-18-43(47)44-32-31-39(33-48(44)53)54(37-13-4-3-5-14-37)38-29-27-35(28-30-38)34-23-25-36(26-24-34)52-51-46-19-9-8-17-42(46)40-15-6-7-16-41(40)45-20-12-22-49(55-52)50(45)51;1-3-12-33(13-4-1)45(34-14-5-2-6-15-34)35-28-26-31(27-29-35)30-22-24-32(25-23-30)44-43-40-19-10-9-18-38(40)36-16-7-8-17-37(36)39-20-11-21-41(46-44)42(39)43/h3-33H,1-2H3;1-29H. The number of thiophene rings is 2. The second-order valence-corrected chi connectivity index (χ2v) is 29.1. The van der Waals surface area contributed by atoms with E-state index in [1.165, 1.54) is 158 Å². The zero-order chi connectivity index (χ0) is 67.1. The molecule has 0 aliphatic heterocycles. The fraction of sp³-hybridized carbons (Fsp3) is 0.0309. The zero-order valence-electron chi connectivity index (χ0n) is 55.9. The molecule has 0 unspecified atom stereocenters. The Morgan fingerprint density at radius 3 is 0.891 bits per heavy atom. The van der Waals surface area contributed by atoms with Crippen LogP contribution in [0.4, 0.5) is 34.1 Å². The molecular formula is C97H66N2S2. The van der Waals surface area contributed by atoms with Crippen LogP contribution in [0.15, 0.2) is 364 Å². The molecule has 15 aromatic carbocycles. The molecule has 3 aliphatic rings. The summed E-state index contributed by atoms with van der Waals surface area (Å²) in [6.45, 7) is 4.70. The lowest BCUT2D eigenvalue weighted by atomic mass is 9.82. The van der Waals surface area contributed by atoms with Crippen molar-refractivity contribution in [2.45, 2.75) is 19.3 Å². The molecule has 0 amide bonds. The monoisotopic (exact) mass is 1320 g/mol. The summed E-state index contributed by atoms with van der Waals surface area (Å²) < 4.78 is 2.66. The summed E-state index contributed by atoms with van der Waals surface area (Å²) >= 11 is 3.80. The maximum atomic E-state index is 2.40. The fourth-order valence-corrected chi connectivity index (χ4v) is 18.6. The first-order valence-electron chi connectivity index (χ1n) is 34.8. The Kier molecular flexibility index (Phi) is 14.7. The highest BCUT2D eigenvalue weighted by atomic mass is 32.1. The average Bonchev–Trinajstić information content (AvgIpc) is 1.58. The molecule has 0 atom stereocenters. The Morgan fingerprint density at radius 1 is 0.208 bits per heavy atom. The Labute approximate surface area is 597 Å². The van der Waals surface area contributed by atoms with Gasteiger partial charge in [0.1, 0.15) is 0 Å². The fourth-order valence-electron chi connectivity index (χ4n) is 16.1. The van der Waals surface area contributed by atoms with Crippen LogP contribution in [-0.4, -0.2) is 0 Å². The number of fused-ring (bicyclic) bond motifs is 13. The van der Waals surface area contributed by atoms with Gasteiger partial charge in [0.2, 0.25) is 0 Å². The second-order valence-electron chi connectivity index (χ2n) is 27.0. The molecule has 476 valence electrons. The van der Waals surface area contributed by atoms with E-state index in [1.54, 1.807) is 0 Å². The van der Waals surface area contributed by atoms with Crippen molar-refractivity contribution in [1.29, 1.82) is 0 Å².